The predicted octanol–water partition coefficient (Wildman–Crippen LogP) is 2.12. The number of amides is 1. The van der Waals surface area contributed by atoms with Crippen LogP contribution in [0.5, 0.6) is 0 Å². The monoisotopic (exact) mass is 302 g/mol. The number of hydrogen-bond donors (Lipinski definition) is 0. The highest BCUT2D eigenvalue weighted by Crippen LogP contribution is 2.25. The average Bonchev–Trinajstić information content (AvgIpc) is 3.15. The van der Waals surface area contributed by atoms with E-state index in [1.807, 2.05) is 31.9 Å². The van der Waals surface area contributed by atoms with Crippen LogP contribution in [0.3, 0.4) is 0 Å². The zero-order valence-electron chi connectivity index (χ0n) is 13.6. The number of carbonyl (C=O) groups is 1. The van der Waals surface area contributed by atoms with E-state index < -0.39 is 0 Å². The van der Waals surface area contributed by atoms with Crippen molar-refractivity contribution in [3.8, 4) is 0 Å². The molecule has 0 N–H and O–H groups in total. The van der Waals surface area contributed by atoms with Crippen LogP contribution in [0.4, 0.5) is 0 Å². The third-order valence-corrected chi connectivity index (χ3v) is 4.56. The van der Waals surface area contributed by atoms with Gasteiger partial charge in [0.1, 0.15) is 11.6 Å². The second-order valence-electron chi connectivity index (χ2n) is 6.08. The van der Waals surface area contributed by atoms with Crippen LogP contribution in [0.2, 0.25) is 0 Å². The lowest BCUT2D eigenvalue weighted by Gasteiger charge is -2.19. The number of aromatic nitrogens is 3. The van der Waals surface area contributed by atoms with Crippen molar-refractivity contribution in [1.82, 2.24) is 19.6 Å². The van der Waals surface area contributed by atoms with Crippen molar-refractivity contribution in [2.75, 3.05) is 13.1 Å². The molecule has 0 radical (unpaired) electrons. The summed E-state index contributed by atoms with van der Waals surface area (Å²) in [4.78, 5) is 18.8. The SMILES string of the molecule is Cc1noc(C)c1CC(=O)N1CCC(n2c(C)cnc2C)C1. The first kappa shape index (κ1) is 14.8. The normalized spacial score (nSPS) is 18.2. The Bertz CT molecular complexity index is 662. The smallest absolute Gasteiger partial charge is 0.227 e. The van der Waals surface area contributed by atoms with Crippen LogP contribution in [0, 0.1) is 27.7 Å². The molecule has 1 aliphatic heterocycles. The van der Waals surface area contributed by atoms with Gasteiger partial charge in [-0.3, -0.25) is 4.79 Å². The van der Waals surface area contributed by atoms with Gasteiger partial charge < -0.3 is 14.0 Å². The molecule has 1 atom stereocenters. The van der Waals surface area contributed by atoms with E-state index in [-0.39, 0.29) is 5.91 Å². The molecule has 0 bridgehead atoms. The molecule has 1 fully saturated rings. The van der Waals surface area contributed by atoms with E-state index in [0.717, 1.165) is 48.0 Å². The summed E-state index contributed by atoms with van der Waals surface area (Å²) in [5.74, 6) is 1.90. The molecule has 1 aliphatic rings. The molecular formula is C16H22N4O2. The fourth-order valence-corrected chi connectivity index (χ4v) is 3.32. The van der Waals surface area contributed by atoms with Crippen LogP contribution in [-0.4, -0.2) is 38.6 Å². The van der Waals surface area contributed by atoms with Crippen molar-refractivity contribution in [1.29, 1.82) is 0 Å². The Labute approximate surface area is 130 Å². The molecule has 1 unspecified atom stereocenters. The van der Waals surface area contributed by atoms with Crippen molar-refractivity contribution >= 4 is 5.91 Å². The maximum absolute atomic E-state index is 12.5. The second-order valence-corrected chi connectivity index (χ2v) is 6.08. The lowest BCUT2D eigenvalue weighted by molar-refractivity contribution is -0.129. The van der Waals surface area contributed by atoms with Gasteiger partial charge in [-0.1, -0.05) is 5.16 Å². The van der Waals surface area contributed by atoms with Gasteiger partial charge >= 0.3 is 0 Å². The Hall–Kier alpha value is -2.11. The molecule has 1 amide bonds. The minimum Gasteiger partial charge on any atom is -0.361 e. The van der Waals surface area contributed by atoms with Gasteiger partial charge in [0.2, 0.25) is 5.91 Å². The lowest BCUT2D eigenvalue weighted by atomic mass is 10.1. The molecule has 22 heavy (non-hydrogen) atoms. The molecule has 2 aromatic rings. The highest BCUT2D eigenvalue weighted by molar-refractivity contribution is 5.79. The number of rotatable bonds is 3. The van der Waals surface area contributed by atoms with Gasteiger partial charge in [0.05, 0.1) is 18.2 Å². The number of likely N-dealkylation sites (tertiary alicyclic amines) is 1. The average molecular weight is 302 g/mol. The standard InChI is InChI=1S/C16H22N4O2/c1-10-8-17-13(4)20(10)14-5-6-19(9-14)16(21)7-15-11(2)18-22-12(15)3/h8,14H,5-7,9H2,1-4H3. The molecule has 6 nitrogen and oxygen atoms in total. The van der Waals surface area contributed by atoms with E-state index in [0.29, 0.717) is 12.5 Å². The van der Waals surface area contributed by atoms with Crippen LogP contribution < -0.4 is 0 Å². The fraction of sp³-hybridized carbons (Fsp3) is 0.562. The summed E-state index contributed by atoms with van der Waals surface area (Å²) in [5.41, 5.74) is 2.88. The van der Waals surface area contributed by atoms with E-state index in [9.17, 15) is 4.79 Å². The Morgan fingerprint density at radius 2 is 2.14 bits per heavy atom. The van der Waals surface area contributed by atoms with Gasteiger partial charge in [-0.25, -0.2) is 4.98 Å². The van der Waals surface area contributed by atoms with Crippen molar-refractivity contribution in [2.45, 2.75) is 46.6 Å². The van der Waals surface area contributed by atoms with E-state index >= 15 is 0 Å². The Balaban J connectivity index is 1.69. The summed E-state index contributed by atoms with van der Waals surface area (Å²) in [6.45, 7) is 9.36. The first-order valence-electron chi connectivity index (χ1n) is 7.67. The number of aryl methyl sites for hydroxylation is 4. The fourth-order valence-electron chi connectivity index (χ4n) is 3.32. The van der Waals surface area contributed by atoms with Crippen molar-refractivity contribution in [2.24, 2.45) is 0 Å². The molecular weight excluding hydrogens is 280 g/mol. The third kappa shape index (κ3) is 2.53. The van der Waals surface area contributed by atoms with Gasteiger partial charge in [-0.2, -0.15) is 0 Å². The van der Waals surface area contributed by atoms with Crippen molar-refractivity contribution in [3.05, 3.63) is 34.7 Å². The number of carbonyl (C=O) groups excluding carboxylic acids is 1. The van der Waals surface area contributed by atoms with E-state index in [1.165, 1.54) is 0 Å². The van der Waals surface area contributed by atoms with Crippen LogP contribution in [0.1, 0.15) is 41.0 Å². The van der Waals surface area contributed by atoms with Crippen LogP contribution in [0.25, 0.3) is 0 Å². The zero-order chi connectivity index (χ0) is 15.9. The van der Waals surface area contributed by atoms with Gasteiger partial charge in [0.25, 0.3) is 0 Å². The van der Waals surface area contributed by atoms with E-state index in [4.69, 9.17) is 4.52 Å². The number of hydrogen-bond acceptors (Lipinski definition) is 4. The third-order valence-electron chi connectivity index (χ3n) is 4.56. The Morgan fingerprint density at radius 1 is 1.36 bits per heavy atom. The molecule has 3 rings (SSSR count). The molecule has 1 saturated heterocycles. The number of imidazole rings is 1. The summed E-state index contributed by atoms with van der Waals surface area (Å²) in [6.07, 6.45) is 3.24. The second kappa shape index (κ2) is 5.59. The summed E-state index contributed by atoms with van der Waals surface area (Å²) in [7, 11) is 0. The first-order chi connectivity index (χ1) is 10.5. The van der Waals surface area contributed by atoms with Crippen LogP contribution in [0.15, 0.2) is 10.7 Å². The van der Waals surface area contributed by atoms with Gasteiger partial charge in [0.15, 0.2) is 0 Å². The largest absolute Gasteiger partial charge is 0.361 e. The highest BCUT2D eigenvalue weighted by Gasteiger charge is 2.29. The molecule has 0 spiro atoms. The van der Waals surface area contributed by atoms with Gasteiger partial charge in [-0.05, 0) is 34.1 Å². The van der Waals surface area contributed by atoms with E-state index in [1.54, 1.807) is 0 Å². The van der Waals surface area contributed by atoms with Crippen LogP contribution >= 0.6 is 0 Å². The van der Waals surface area contributed by atoms with Crippen molar-refractivity contribution < 1.29 is 9.32 Å². The molecule has 2 aromatic heterocycles. The maximum atomic E-state index is 12.5. The minimum absolute atomic E-state index is 0.146. The Kier molecular flexibility index (Phi) is 3.76. The maximum Gasteiger partial charge on any atom is 0.227 e. The molecule has 0 aliphatic carbocycles. The summed E-state index contributed by atoms with van der Waals surface area (Å²) in [5, 5.41) is 3.92. The summed E-state index contributed by atoms with van der Waals surface area (Å²) < 4.78 is 7.38. The van der Waals surface area contributed by atoms with Crippen molar-refractivity contribution in [3.63, 3.8) is 0 Å². The van der Waals surface area contributed by atoms with E-state index in [2.05, 4.69) is 21.6 Å². The molecule has 6 heteroatoms. The molecule has 0 aromatic carbocycles. The summed E-state index contributed by atoms with van der Waals surface area (Å²) >= 11 is 0. The number of nitrogens with zero attached hydrogens (tertiary/aromatic N) is 4. The quantitative estimate of drug-likeness (QED) is 0.871. The minimum atomic E-state index is 0.146. The molecule has 0 saturated carbocycles. The highest BCUT2D eigenvalue weighted by atomic mass is 16.5. The topological polar surface area (TPSA) is 64.2 Å². The lowest BCUT2D eigenvalue weighted by Crippen LogP contribution is -2.31. The zero-order valence-corrected chi connectivity index (χ0v) is 13.6. The molecule has 118 valence electrons. The van der Waals surface area contributed by atoms with Gasteiger partial charge in [-0.15, -0.1) is 0 Å². The predicted molar refractivity (Wildman–Crippen MR) is 81.6 cm³/mol. The Morgan fingerprint density at radius 3 is 2.73 bits per heavy atom. The summed E-state index contributed by atoms with van der Waals surface area (Å²) in [6, 6.07) is 0.330. The van der Waals surface area contributed by atoms with Gasteiger partial charge in [0, 0.05) is 30.5 Å². The first-order valence-corrected chi connectivity index (χ1v) is 7.67. The molecule has 3 heterocycles. The van der Waals surface area contributed by atoms with Crippen LogP contribution in [-0.2, 0) is 11.2 Å².